The number of urea groups is 1. The second-order valence-electron chi connectivity index (χ2n) is 6.90. The van der Waals surface area contributed by atoms with E-state index in [2.05, 4.69) is 16.0 Å². The monoisotopic (exact) mass is 383 g/mol. The van der Waals surface area contributed by atoms with E-state index < -0.39 is 6.03 Å². The minimum Gasteiger partial charge on any atom is -0.396 e. The minimum absolute atomic E-state index is 0.0254. The molecule has 1 atom stereocenters. The molecule has 2 aromatic carbocycles. The molecule has 0 aliphatic carbocycles. The first-order chi connectivity index (χ1) is 13.5. The molecule has 0 saturated heterocycles. The standard InChI is InChI=1S/C22H29N3O3/c1-3-17-5-4-6-20(12-17)25-21(27)14-24-22(28)23-13-19(15-26)11-18-9-7-16(2)8-10-18/h4-10,12,19,26H,3,11,13-15H2,1-2H3,(H,25,27)(H2,23,24,28)/t19-/m1/s1. The van der Waals surface area contributed by atoms with Crippen molar-refractivity contribution in [2.24, 2.45) is 5.92 Å². The summed E-state index contributed by atoms with van der Waals surface area (Å²) in [4.78, 5) is 23.9. The Morgan fingerprint density at radius 2 is 1.79 bits per heavy atom. The van der Waals surface area contributed by atoms with Gasteiger partial charge in [0.05, 0.1) is 6.54 Å². The van der Waals surface area contributed by atoms with Crippen molar-refractivity contribution in [3.8, 4) is 0 Å². The van der Waals surface area contributed by atoms with E-state index >= 15 is 0 Å². The van der Waals surface area contributed by atoms with Crippen LogP contribution in [0.15, 0.2) is 48.5 Å². The number of hydrogen-bond acceptors (Lipinski definition) is 3. The summed E-state index contributed by atoms with van der Waals surface area (Å²) in [6, 6.07) is 15.3. The number of aliphatic hydroxyl groups excluding tert-OH is 1. The van der Waals surface area contributed by atoms with Gasteiger partial charge in [0.15, 0.2) is 0 Å². The zero-order valence-corrected chi connectivity index (χ0v) is 16.5. The van der Waals surface area contributed by atoms with Gasteiger partial charge >= 0.3 is 6.03 Å². The van der Waals surface area contributed by atoms with E-state index in [9.17, 15) is 14.7 Å². The normalized spacial score (nSPS) is 11.5. The molecule has 6 nitrogen and oxygen atoms in total. The topological polar surface area (TPSA) is 90.5 Å². The van der Waals surface area contributed by atoms with Crippen molar-refractivity contribution in [2.75, 3.05) is 25.0 Å². The SMILES string of the molecule is CCc1cccc(NC(=O)CNC(=O)NC[C@H](CO)Cc2ccc(C)cc2)c1. The van der Waals surface area contributed by atoms with Crippen LogP contribution in [0.3, 0.4) is 0 Å². The summed E-state index contributed by atoms with van der Waals surface area (Å²) in [5.74, 6) is -0.374. The number of aryl methyl sites for hydroxylation is 2. The van der Waals surface area contributed by atoms with Gasteiger partial charge in [-0.15, -0.1) is 0 Å². The summed E-state index contributed by atoms with van der Waals surface area (Å²) in [7, 11) is 0. The highest BCUT2D eigenvalue weighted by Crippen LogP contribution is 2.11. The third-order valence-corrected chi connectivity index (χ3v) is 4.48. The average molecular weight is 383 g/mol. The van der Waals surface area contributed by atoms with E-state index in [0.29, 0.717) is 18.7 Å². The molecule has 0 radical (unpaired) electrons. The fourth-order valence-corrected chi connectivity index (χ4v) is 2.79. The summed E-state index contributed by atoms with van der Waals surface area (Å²) in [6.45, 7) is 4.25. The van der Waals surface area contributed by atoms with E-state index in [1.54, 1.807) is 0 Å². The Hall–Kier alpha value is -2.86. The van der Waals surface area contributed by atoms with Gasteiger partial charge in [-0.3, -0.25) is 4.79 Å². The highest BCUT2D eigenvalue weighted by Gasteiger charge is 2.11. The maximum Gasteiger partial charge on any atom is 0.315 e. The number of anilines is 1. The van der Waals surface area contributed by atoms with Crippen LogP contribution in [0, 0.1) is 12.8 Å². The molecule has 0 aliphatic heterocycles. The Labute approximate surface area is 166 Å². The van der Waals surface area contributed by atoms with Gasteiger partial charge < -0.3 is 21.1 Å². The first-order valence-electron chi connectivity index (χ1n) is 9.57. The van der Waals surface area contributed by atoms with Crippen LogP contribution in [-0.2, 0) is 17.6 Å². The van der Waals surface area contributed by atoms with Crippen molar-refractivity contribution in [3.63, 3.8) is 0 Å². The fourth-order valence-electron chi connectivity index (χ4n) is 2.79. The lowest BCUT2D eigenvalue weighted by atomic mass is 9.99. The molecule has 0 aromatic heterocycles. The average Bonchev–Trinajstić information content (AvgIpc) is 2.71. The Balaban J connectivity index is 1.71. The van der Waals surface area contributed by atoms with Gasteiger partial charge in [-0.2, -0.15) is 0 Å². The highest BCUT2D eigenvalue weighted by molar-refractivity contribution is 5.94. The maximum atomic E-state index is 12.0. The molecule has 0 spiro atoms. The molecule has 0 saturated carbocycles. The van der Waals surface area contributed by atoms with Crippen molar-refractivity contribution in [3.05, 3.63) is 65.2 Å². The number of carbonyl (C=O) groups is 2. The van der Waals surface area contributed by atoms with Crippen LogP contribution in [-0.4, -0.2) is 36.7 Å². The number of nitrogens with one attached hydrogen (secondary N) is 3. The van der Waals surface area contributed by atoms with Gasteiger partial charge in [0.1, 0.15) is 0 Å². The van der Waals surface area contributed by atoms with Gasteiger partial charge in [0.25, 0.3) is 0 Å². The van der Waals surface area contributed by atoms with E-state index in [4.69, 9.17) is 0 Å². The van der Waals surface area contributed by atoms with E-state index in [1.165, 1.54) is 5.56 Å². The predicted octanol–water partition coefficient (Wildman–Crippen LogP) is 2.65. The summed E-state index contributed by atoms with van der Waals surface area (Å²) in [6.07, 6.45) is 1.56. The second kappa shape index (κ2) is 11.1. The van der Waals surface area contributed by atoms with Gasteiger partial charge in [-0.05, 0) is 43.0 Å². The Morgan fingerprint density at radius 3 is 2.46 bits per heavy atom. The molecule has 28 heavy (non-hydrogen) atoms. The zero-order valence-electron chi connectivity index (χ0n) is 16.5. The number of benzene rings is 2. The number of aliphatic hydroxyl groups is 1. The molecule has 0 aliphatic rings. The molecular formula is C22H29N3O3. The largest absolute Gasteiger partial charge is 0.396 e. The summed E-state index contributed by atoms with van der Waals surface area (Å²) in [5.41, 5.74) is 4.14. The van der Waals surface area contributed by atoms with Crippen LogP contribution in [0.4, 0.5) is 10.5 Å². The van der Waals surface area contributed by atoms with Crippen LogP contribution in [0.5, 0.6) is 0 Å². The highest BCUT2D eigenvalue weighted by atomic mass is 16.3. The third-order valence-electron chi connectivity index (χ3n) is 4.48. The zero-order chi connectivity index (χ0) is 20.4. The third kappa shape index (κ3) is 7.40. The van der Waals surface area contributed by atoms with E-state index in [-0.39, 0.29) is 25.0 Å². The first kappa shape index (κ1) is 21.4. The van der Waals surface area contributed by atoms with Crippen molar-refractivity contribution in [1.29, 1.82) is 0 Å². The number of amides is 3. The molecule has 4 N–H and O–H groups in total. The molecule has 2 aromatic rings. The van der Waals surface area contributed by atoms with Crippen LogP contribution >= 0.6 is 0 Å². The predicted molar refractivity (Wildman–Crippen MR) is 111 cm³/mol. The quantitative estimate of drug-likeness (QED) is 0.537. The number of carbonyl (C=O) groups excluding carboxylic acids is 2. The Morgan fingerprint density at radius 1 is 1.04 bits per heavy atom. The molecule has 6 heteroatoms. The smallest absolute Gasteiger partial charge is 0.315 e. The fraction of sp³-hybridized carbons (Fsp3) is 0.364. The second-order valence-corrected chi connectivity index (χ2v) is 6.90. The van der Waals surface area contributed by atoms with Crippen LogP contribution < -0.4 is 16.0 Å². The van der Waals surface area contributed by atoms with Crippen molar-refractivity contribution < 1.29 is 14.7 Å². The number of rotatable bonds is 9. The van der Waals surface area contributed by atoms with Crippen molar-refractivity contribution >= 4 is 17.6 Å². The van der Waals surface area contributed by atoms with Crippen molar-refractivity contribution in [1.82, 2.24) is 10.6 Å². The molecule has 0 unspecified atom stereocenters. The lowest BCUT2D eigenvalue weighted by Crippen LogP contribution is -2.42. The lowest BCUT2D eigenvalue weighted by Gasteiger charge is -2.16. The van der Waals surface area contributed by atoms with Gasteiger partial charge in [0, 0.05) is 24.8 Å². The first-order valence-corrected chi connectivity index (χ1v) is 9.57. The van der Waals surface area contributed by atoms with Gasteiger partial charge in [0.2, 0.25) is 5.91 Å². The molecule has 2 rings (SSSR count). The molecule has 0 fully saturated rings. The summed E-state index contributed by atoms with van der Waals surface area (Å²) < 4.78 is 0. The molecule has 3 amide bonds. The maximum absolute atomic E-state index is 12.0. The Bertz CT molecular complexity index is 775. The molecule has 0 heterocycles. The van der Waals surface area contributed by atoms with Crippen molar-refractivity contribution in [2.45, 2.75) is 26.7 Å². The molecule has 150 valence electrons. The van der Waals surface area contributed by atoms with Crippen LogP contribution in [0.2, 0.25) is 0 Å². The van der Waals surface area contributed by atoms with E-state index in [1.807, 2.05) is 62.4 Å². The van der Waals surface area contributed by atoms with Gasteiger partial charge in [-0.1, -0.05) is 48.9 Å². The van der Waals surface area contributed by atoms with Gasteiger partial charge in [-0.25, -0.2) is 4.79 Å². The molecule has 0 bridgehead atoms. The van der Waals surface area contributed by atoms with Crippen LogP contribution in [0.1, 0.15) is 23.6 Å². The number of hydrogen-bond donors (Lipinski definition) is 4. The lowest BCUT2D eigenvalue weighted by molar-refractivity contribution is -0.115. The molecular weight excluding hydrogens is 354 g/mol. The van der Waals surface area contributed by atoms with Crippen LogP contribution in [0.25, 0.3) is 0 Å². The summed E-state index contributed by atoms with van der Waals surface area (Å²) in [5, 5.41) is 17.6. The Kier molecular flexibility index (Phi) is 8.49. The minimum atomic E-state index is -0.431. The van der Waals surface area contributed by atoms with E-state index in [0.717, 1.165) is 17.5 Å². The summed E-state index contributed by atoms with van der Waals surface area (Å²) >= 11 is 0.